The van der Waals surface area contributed by atoms with E-state index in [2.05, 4.69) is 10.4 Å². The van der Waals surface area contributed by atoms with E-state index in [0.717, 1.165) is 17.4 Å². The summed E-state index contributed by atoms with van der Waals surface area (Å²) in [5.41, 5.74) is 1.91. The van der Waals surface area contributed by atoms with E-state index >= 15 is 0 Å². The maximum Gasteiger partial charge on any atom is 0.488 e. The fourth-order valence-corrected chi connectivity index (χ4v) is 5.28. The number of benzene rings is 1. The predicted octanol–water partition coefficient (Wildman–Crippen LogP) is 2.23. The van der Waals surface area contributed by atoms with Gasteiger partial charge in [0.05, 0.1) is 11.2 Å². The highest BCUT2D eigenvalue weighted by Crippen LogP contribution is 2.29. The first-order chi connectivity index (χ1) is 19.8. The molecule has 1 aromatic carbocycles. The summed E-state index contributed by atoms with van der Waals surface area (Å²) in [6.07, 6.45) is 8.56. The van der Waals surface area contributed by atoms with Crippen LogP contribution >= 0.6 is 0 Å². The van der Waals surface area contributed by atoms with Gasteiger partial charge in [-0.1, -0.05) is 51.1 Å². The molecule has 1 heterocycles. The van der Waals surface area contributed by atoms with Gasteiger partial charge >= 0.3 is 7.12 Å². The van der Waals surface area contributed by atoms with Gasteiger partial charge in [-0.05, 0) is 62.9 Å². The lowest BCUT2D eigenvalue weighted by molar-refractivity contribution is -0.138. The Morgan fingerprint density at radius 2 is 1.76 bits per heavy atom. The lowest BCUT2D eigenvalue weighted by atomic mass is 9.80. The Hall–Kier alpha value is -3.57. The summed E-state index contributed by atoms with van der Waals surface area (Å²) in [7, 11) is -1.56. The molecule has 0 atom stereocenters. The maximum absolute atomic E-state index is 13.5. The molecule has 11 heteroatoms. The molecular formula is C31H44BN5O5. The number of carbonyl (C=O) groups excluding carboxylic acids is 3. The highest BCUT2D eigenvalue weighted by Gasteiger charge is 2.32. The van der Waals surface area contributed by atoms with Crippen molar-refractivity contribution in [3.05, 3.63) is 47.5 Å². The van der Waals surface area contributed by atoms with Crippen molar-refractivity contribution >= 4 is 37.4 Å². The van der Waals surface area contributed by atoms with Gasteiger partial charge in [0.15, 0.2) is 0 Å². The molecule has 2 amide bonds. The van der Waals surface area contributed by atoms with Crippen LogP contribution < -0.4 is 16.3 Å². The SMILES string of the molecule is CC(C)(CN(CC/C=C/n1nc(-c2ccc(B(O)O)cc2)cc(C(C)(C)C)c1=N)C(=O)C1CCC(C=O)CC1)NC=O. The smallest absolute Gasteiger partial charge is 0.423 e. The molecule has 0 saturated heterocycles. The molecule has 0 aliphatic heterocycles. The molecular weight excluding hydrogens is 533 g/mol. The molecule has 1 fully saturated rings. The molecule has 2 aromatic rings. The van der Waals surface area contributed by atoms with E-state index in [1.807, 2.05) is 46.8 Å². The predicted molar refractivity (Wildman–Crippen MR) is 163 cm³/mol. The molecule has 42 heavy (non-hydrogen) atoms. The molecule has 4 N–H and O–H groups in total. The van der Waals surface area contributed by atoms with Crippen LogP contribution in [0.15, 0.2) is 36.4 Å². The van der Waals surface area contributed by atoms with Crippen LogP contribution in [0.5, 0.6) is 0 Å². The van der Waals surface area contributed by atoms with Gasteiger partial charge in [-0.3, -0.25) is 15.0 Å². The van der Waals surface area contributed by atoms with Crippen molar-refractivity contribution in [2.75, 3.05) is 13.1 Å². The molecule has 1 saturated carbocycles. The molecule has 0 bridgehead atoms. The molecule has 1 aliphatic rings. The molecule has 226 valence electrons. The number of nitrogens with zero attached hydrogens (tertiary/aromatic N) is 3. The first-order valence-corrected chi connectivity index (χ1v) is 14.5. The van der Waals surface area contributed by atoms with Crippen molar-refractivity contribution in [3.8, 4) is 11.3 Å². The van der Waals surface area contributed by atoms with E-state index in [0.29, 0.717) is 62.8 Å². The second-order valence-corrected chi connectivity index (χ2v) is 12.8. The van der Waals surface area contributed by atoms with E-state index in [1.165, 1.54) is 4.68 Å². The largest absolute Gasteiger partial charge is 0.488 e. The fraction of sp³-hybridized carbons (Fsp3) is 0.516. The van der Waals surface area contributed by atoms with Crippen LogP contribution in [-0.4, -0.2) is 69.1 Å². The molecule has 10 nitrogen and oxygen atoms in total. The Labute approximate surface area is 248 Å². The summed E-state index contributed by atoms with van der Waals surface area (Å²) >= 11 is 0. The highest BCUT2D eigenvalue weighted by atomic mass is 16.4. The molecule has 0 unspecified atom stereocenters. The first kappa shape index (κ1) is 32.9. The second-order valence-electron chi connectivity index (χ2n) is 12.8. The van der Waals surface area contributed by atoms with Gasteiger partial charge in [0.2, 0.25) is 12.3 Å². The number of rotatable bonds is 12. The fourth-order valence-electron chi connectivity index (χ4n) is 5.28. The van der Waals surface area contributed by atoms with Gasteiger partial charge in [0.25, 0.3) is 0 Å². The Kier molecular flexibility index (Phi) is 11.0. The maximum atomic E-state index is 13.5. The minimum absolute atomic E-state index is 0.0233. The van der Waals surface area contributed by atoms with Crippen LogP contribution in [0.2, 0.25) is 0 Å². The Balaban J connectivity index is 1.84. The third kappa shape index (κ3) is 8.72. The third-order valence-corrected chi connectivity index (χ3v) is 7.77. The summed E-state index contributed by atoms with van der Waals surface area (Å²) in [6.45, 7) is 10.6. The summed E-state index contributed by atoms with van der Waals surface area (Å²) in [5.74, 6) is -0.0819. The zero-order valence-corrected chi connectivity index (χ0v) is 25.3. The summed E-state index contributed by atoms with van der Waals surface area (Å²) in [6, 6.07) is 8.68. The number of hydrogen-bond donors (Lipinski definition) is 4. The molecule has 0 radical (unpaired) electrons. The van der Waals surface area contributed by atoms with Crippen LogP contribution in [-0.2, 0) is 19.8 Å². The highest BCUT2D eigenvalue weighted by molar-refractivity contribution is 6.58. The quantitative estimate of drug-likeness (QED) is 0.225. The van der Waals surface area contributed by atoms with Gasteiger partial charge in [-0.25, -0.2) is 4.68 Å². The van der Waals surface area contributed by atoms with E-state index in [-0.39, 0.29) is 28.6 Å². The number of nitrogens with one attached hydrogen (secondary N) is 2. The van der Waals surface area contributed by atoms with E-state index in [4.69, 9.17) is 5.41 Å². The van der Waals surface area contributed by atoms with Crippen molar-refractivity contribution in [1.29, 1.82) is 5.41 Å². The molecule has 1 aromatic heterocycles. The zero-order valence-electron chi connectivity index (χ0n) is 25.3. The standard InChI is InChI=1S/C31H44BN5O5/c1-30(2,3)26-18-27(23-12-14-25(15-13-23)32(41)42)35-37(28(26)33)17-7-6-16-36(20-31(4,5)34-21-39)29(40)24-10-8-22(19-38)9-11-24/h7,12-15,17-19,21-22,24,33,41-42H,6,8-11,16,20H2,1-5H3,(H,34,39)/b17-7+,33-28?. The van der Waals surface area contributed by atoms with Gasteiger partial charge in [-0.2, -0.15) is 5.10 Å². The summed E-state index contributed by atoms with van der Waals surface area (Å²) in [4.78, 5) is 37.7. The average Bonchev–Trinajstić information content (AvgIpc) is 2.94. The van der Waals surface area contributed by atoms with E-state index in [9.17, 15) is 24.4 Å². The van der Waals surface area contributed by atoms with Gasteiger partial charge in [-0.15, -0.1) is 0 Å². The van der Waals surface area contributed by atoms with Crippen molar-refractivity contribution in [2.24, 2.45) is 11.8 Å². The van der Waals surface area contributed by atoms with Crippen LogP contribution in [0, 0.1) is 17.2 Å². The lowest BCUT2D eigenvalue weighted by Crippen LogP contribution is -2.52. The topological polar surface area (TPSA) is 149 Å². The van der Waals surface area contributed by atoms with Gasteiger partial charge in [0, 0.05) is 42.3 Å². The summed E-state index contributed by atoms with van der Waals surface area (Å²) in [5, 5.41) is 35.2. The monoisotopic (exact) mass is 577 g/mol. The number of carbonyl (C=O) groups is 3. The van der Waals surface area contributed by atoms with E-state index < -0.39 is 12.7 Å². The van der Waals surface area contributed by atoms with Crippen LogP contribution in [0.25, 0.3) is 17.5 Å². The van der Waals surface area contributed by atoms with Crippen molar-refractivity contribution in [1.82, 2.24) is 20.0 Å². The number of amides is 2. The Bertz CT molecular complexity index is 1320. The Morgan fingerprint density at radius 3 is 2.31 bits per heavy atom. The average molecular weight is 578 g/mol. The van der Waals surface area contributed by atoms with Crippen LogP contribution in [0.4, 0.5) is 0 Å². The normalized spacial score (nSPS) is 17.6. The molecule has 1 aliphatic carbocycles. The third-order valence-electron chi connectivity index (χ3n) is 7.77. The van der Waals surface area contributed by atoms with Crippen molar-refractivity contribution < 1.29 is 24.4 Å². The lowest BCUT2D eigenvalue weighted by Gasteiger charge is -2.36. The number of aldehydes is 1. The second kappa shape index (κ2) is 14.1. The van der Waals surface area contributed by atoms with Gasteiger partial charge < -0.3 is 25.1 Å². The molecule has 0 spiro atoms. The number of hydrogen-bond acceptors (Lipinski definition) is 7. The minimum Gasteiger partial charge on any atom is -0.423 e. The van der Waals surface area contributed by atoms with Crippen molar-refractivity contribution in [3.63, 3.8) is 0 Å². The van der Waals surface area contributed by atoms with E-state index in [1.54, 1.807) is 35.4 Å². The molecule has 3 rings (SSSR count). The zero-order chi connectivity index (χ0) is 31.1. The van der Waals surface area contributed by atoms with Gasteiger partial charge in [0.1, 0.15) is 11.8 Å². The van der Waals surface area contributed by atoms with Crippen LogP contribution in [0.1, 0.15) is 72.3 Å². The minimum atomic E-state index is -1.56. The first-order valence-electron chi connectivity index (χ1n) is 14.5. The number of aromatic nitrogens is 2. The van der Waals surface area contributed by atoms with Crippen LogP contribution in [0.3, 0.4) is 0 Å². The summed E-state index contributed by atoms with van der Waals surface area (Å²) < 4.78 is 1.52. The van der Waals surface area contributed by atoms with Crippen molar-refractivity contribution in [2.45, 2.75) is 77.7 Å². The Morgan fingerprint density at radius 1 is 1.12 bits per heavy atom.